The number of fused-ring (bicyclic) bond motifs is 1. The number of aromatic nitrogens is 2. The Morgan fingerprint density at radius 3 is 3.24 bits per heavy atom. The summed E-state index contributed by atoms with van der Waals surface area (Å²) in [4.78, 5) is 12.2. The van der Waals surface area contributed by atoms with Crippen LogP contribution in [0.5, 0.6) is 0 Å². The van der Waals surface area contributed by atoms with Crippen LogP contribution in [0.25, 0.3) is 0 Å². The predicted molar refractivity (Wildman–Crippen MR) is 81.3 cm³/mol. The number of carboxylic acid groups (broad SMARTS) is 1. The number of hydrogen-bond donors (Lipinski definition) is 2. The number of carbonyl (C=O) groups is 1. The summed E-state index contributed by atoms with van der Waals surface area (Å²) in [6.45, 7) is 0. The van der Waals surface area contributed by atoms with Crippen LogP contribution in [-0.4, -0.2) is 20.9 Å². The first-order valence-electron chi connectivity index (χ1n) is 7.17. The molecule has 0 aromatic carbocycles. The first-order chi connectivity index (χ1) is 10.1. The molecule has 21 heavy (non-hydrogen) atoms. The van der Waals surface area contributed by atoms with Gasteiger partial charge in [0.15, 0.2) is 0 Å². The van der Waals surface area contributed by atoms with Crippen LogP contribution in [-0.2, 0) is 18.3 Å². The zero-order chi connectivity index (χ0) is 14.8. The quantitative estimate of drug-likeness (QED) is 0.891. The molecule has 2 N–H and O–H groups in total. The SMILES string of the molecule is Cn1ncc2c1CCCC2NC(CC(=O)O)c1cccs1. The van der Waals surface area contributed by atoms with Crippen LogP contribution < -0.4 is 5.32 Å². The Bertz CT molecular complexity index is 621. The van der Waals surface area contributed by atoms with Gasteiger partial charge in [0.1, 0.15) is 0 Å². The van der Waals surface area contributed by atoms with Crippen molar-refractivity contribution in [2.24, 2.45) is 7.05 Å². The fraction of sp³-hybridized carbons (Fsp3) is 0.467. The van der Waals surface area contributed by atoms with Gasteiger partial charge in [-0.25, -0.2) is 0 Å². The van der Waals surface area contributed by atoms with Crippen LogP contribution in [0.4, 0.5) is 0 Å². The number of rotatable bonds is 5. The van der Waals surface area contributed by atoms with Gasteiger partial charge in [0.25, 0.3) is 0 Å². The molecule has 6 heteroatoms. The highest BCUT2D eigenvalue weighted by Gasteiger charge is 2.27. The summed E-state index contributed by atoms with van der Waals surface area (Å²) in [6, 6.07) is 4.01. The predicted octanol–water partition coefficient (Wildman–Crippen LogP) is 2.66. The van der Waals surface area contributed by atoms with Crippen molar-refractivity contribution in [2.45, 2.75) is 37.8 Å². The van der Waals surface area contributed by atoms with Gasteiger partial charge in [-0.2, -0.15) is 5.10 Å². The second-order valence-corrected chi connectivity index (χ2v) is 6.43. The highest BCUT2D eigenvalue weighted by atomic mass is 32.1. The third kappa shape index (κ3) is 3.01. The number of nitrogens with zero attached hydrogens (tertiary/aromatic N) is 2. The molecule has 0 saturated carbocycles. The number of aryl methyl sites for hydroxylation is 1. The second-order valence-electron chi connectivity index (χ2n) is 5.45. The molecule has 1 aliphatic rings. The van der Waals surface area contributed by atoms with Gasteiger partial charge < -0.3 is 10.4 Å². The zero-order valence-electron chi connectivity index (χ0n) is 12.0. The smallest absolute Gasteiger partial charge is 0.305 e. The molecule has 0 radical (unpaired) electrons. The monoisotopic (exact) mass is 305 g/mol. The van der Waals surface area contributed by atoms with E-state index in [1.165, 1.54) is 11.3 Å². The van der Waals surface area contributed by atoms with Gasteiger partial charge in [-0.1, -0.05) is 6.07 Å². The third-order valence-electron chi connectivity index (χ3n) is 4.04. The van der Waals surface area contributed by atoms with Crippen LogP contribution in [0, 0.1) is 0 Å². The first kappa shape index (κ1) is 14.3. The number of nitrogens with one attached hydrogen (secondary N) is 1. The molecule has 3 rings (SSSR count). The fourth-order valence-corrected chi connectivity index (χ4v) is 3.82. The number of hydrogen-bond acceptors (Lipinski definition) is 4. The zero-order valence-corrected chi connectivity index (χ0v) is 12.8. The van der Waals surface area contributed by atoms with Crippen molar-refractivity contribution in [3.8, 4) is 0 Å². The van der Waals surface area contributed by atoms with E-state index in [4.69, 9.17) is 5.11 Å². The lowest BCUT2D eigenvalue weighted by molar-refractivity contribution is -0.137. The standard InChI is InChI=1S/C15H19N3O2S/c1-18-13-5-2-4-11(10(13)9-16-18)17-12(8-15(19)20)14-6-3-7-21-14/h3,6-7,9,11-12,17H,2,4-5,8H2,1H3,(H,19,20). The van der Waals surface area contributed by atoms with Gasteiger partial charge in [-0.05, 0) is 30.7 Å². The maximum absolute atomic E-state index is 11.1. The lowest BCUT2D eigenvalue weighted by Crippen LogP contribution is -2.30. The highest BCUT2D eigenvalue weighted by molar-refractivity contribution is 7.10. The summed E-state index contributed by atoms with van der Waals surface area (Å²) in [7, 11) is 1.97. The molecule has 2 aromatic heterocycles. The lowest BCUT2D eigenvalue weighted by Gasteiger charge is -2.28. The fourth-order valence-electron chi connectivity index (χ4n) is 3.03. The van der Waals surface area contributed by atoms with Crippen molar-refractivity contribution in [1.82, 2.24) is 15.1 Å². The van der Waals surface area contributed by atoms with E-state index < -0.39 is 5.97 Å². The molecular weight excluding hydrogens is 286 g/mol. The van der Waals surface area contributed by atoms with E-state index in [9.17, 15) is 4.79 Å². The molecule has 2 aromatic rings. The van der Waals surface area contributed by atoms with Crippen LogP contribution in [0.3, 0.4) is 0 Å². The molecule has 2 heterocycles. The van der Waals surface area contributed by atoms with E-state index in [1.54, 1.807) is 11.3 Å². The van der Waals surface area contributed by atoms with Crippen molar-refractivity contribution in [2.75, 3.05) is 0 Å². The number of aliphatic carboxylic acids is 1. The molecule has 0 spiro atoms. The maximum atomic E-state index is 11.1. The van der Waals surface area contributed by atoms with Crippen LogP contribution in [0.2, 0.25) is 0 Å². The Hall–Kier alpha value is -1.66. The minimum absolute atomic E-state index is 0.104. The van der Waals surface area contributed by atoms with Gasteiger partial charge in [-0.15, -0.1) is 11.3 Å². The minimum atomic E-state index is -0.775. The van der Waals surface area contributed by atoms with Gasteiger partial charge in [0.2, 0.25) is 0 Å². The van der Waals surface area contributed by atoms with E-state index in [0.717, 1.165) is 24.1 Å². The largest absolute Gasteiger partial charge is 0.481 e. The first-order valence-corrected chi connectivity index (χ1v) is 8.05. The Morgan fingerprint density at radius 1 is 1.67 bits per heavy atom. The van der Waals surface area contributed by atoms with Gasteiger partial charge in [0.05, 0.1) is 18.7 Å². The van der Waals surface area contributed by atoms with Crippen molar-refractivity contribution in [3.05, 3.63) is 39.8 Å². The van der Waals surface area contributed by atoms with Crippen molar-refractivity contribution < 1.29 is 9.90 Å². The highest BCUT2D eigenvalue weighted by Crippen LogP contribution is 2.33. The van der Waals surface area contributed by atoms with E-state index in [2.05, 4.69) is 10.4 Å². The summed E-state index contributed by atoms with van der Waals surface area (Å²) in [5, 5.41) is 19.0. The second kappa shape index (κ2) is 5.99. The molecule has 0 amide bonds. The number of carboxylic acids is 1. The molecule has 0 aliphatic heterocycles. The Kier molecular flexibility index (Phi) is 4.07. The Balaban J connectivity index is 1.82. The van der Waals surface area contributed by atoms with Gasteiger partial charge in [-0.3, -0.25) is 9.48 Å². The summed E-state index contributed by atoms with van der Waals surface area (Å²) in [5.74, 6) is -0.775. The minimum Gasteiger partial charge on any atom is -0.481 e. The van der Waals surface area contributed by atoms with Gasteiger partial charge >= 0.3 is 5.97 Å². The topological polar surface area (TPSA) is 67.2 Å². The van der Waals surface area contributed by atoms with Gasteiger partial charge in [0, 0.05) is 29.2 Å². The molecule has 2 unspecified atom stereocenters. The third-order valence-corrected chi connectivity index (χ3v) is 5.03. The molecule has 5 nitrogen and oxygen atoms in total. The van der Waals surface area contributed by atoms with Crippen LogP contribution >= 0.6 is 11.3 Å². The number of thiophene rings is 1. The molecular formula is C15H19N3O2S. The normalized spacial score (nSPS) is 19.2. The summed E-state index contributed by atoms with van der Waals surface area (Å²) in [5.41, 5.74) is 2.48. The van der Waals surface area contributed by atoms with E-state index in [-0.39, 0.29) is 18.5 Å². The van der Waals surface area contributed by atoms with Crippen LogP contribution in [0.1, 0.15) is 47.5 Å². The van der Waals surface area contributed by atoms with Crippen molar-refractivity contribution in [3.63, 3.8) is 0 Å². The van der Waals surface area contributed by atoms with Crippen LogP contribution in [0.15, 0.2) is 23.7 Å². The molecule has 0 fully saturated rings. The average molecular weight is 305 g/mol. The van der Waals surface area contributed by atoms with E-state index in [1.807, 2.05) is 35.4 Å². The lowest BCUT2D eigenvalue weighted by atomic mass is 9.92. The summed E-state index contributed by atoms with van der Waals surface area (Å²) >= 11 is 1.60. The Morgan fingerprint density at radius 2 is 2.52 bits per heavy atom. The Labute approximate surface area is 127 Å². The van der Waals surface area contributed by atoms with Crippen molar-refractivity contribution >= 4 is 17.3 Å². The molecule has 0 bridgehead atoms. The molecule has 2 atom stereocenters. The maximum Gasteiger partial charge on any atom is 0.305 e. The summed E-state index contributed by atoms with van der Waals surface area (Å²) in [6.07, 6.45) is 5.20. The van der Waals surface area contributed by atoms with E-state index in [0.29, 0.717) is 0 Å². The van der Waals surface area contributed by atoms with Crippen molar-refractivity contribution in [1.29, 1.82) is 0 Å². The average Bonchev–Trinajstić information content (AvgIpc) is 3.09. The molecule has 112 valence electrons. The molecule has 1 aliphatic carbocycles. The molecule has 0 saturated heterocycles. The summed E-state index contributed by atoms with van der Waals surface area (Å²) < 4.78 is 1.93. The van der Waals surface area contributed by atoms with E-state index >= 15 is 0 Å².